The number of hydrogen-bond donors (Lipinski definition) is 1. The van der Waals surface area contributed by atoms with Crippen LogP contribution in [0.1, 0.15) is 0 Å². The minimum Gasteiger partial charge on any atom is -0.378 e. The molecular weight excluding hydrogens is 452 g/mol. The van der Waals surface area contributed by atoms with Gasteiger partial charge < -0.3 is 29.5 Å². The molecule has 2 aromatic carbocycles. The van der Waals surface area contributed by atoms with Gasteiger partial charge in [-0.1, -0.05) is 11.6 Å². The Kier molecular flexibility index (Phi) is 6.99. The first kappa shape index (κ1) is 22.7. The summed E-state index contributed by atoms with van der Waals surface area (Å²) in [5, 5.41) is 4.14. The van der Waals surface area contributed by atoms with Crippen molar-refractivity contribution < 1.29 is 9.47 Å². The van der Waals surface area contributed by atoms with E-state index in [1.807, 2.05) is 42.3 Å². The standard InChI is InChI=1S/C25H29ClN6O2/c1-30(21-4-2-19(26)3-5-21)24-6-7-27-25(29-24)28-20-16-22(31-8-12-33-13-9-31)18-23(17-20)32-10-14-34-15-11-32/h2-7,16-18H,8-15H2,1H3,(H,27,28,29). The number of morpholine rings is 2. The number of halogens is 1. The third kappa shape index (κ3) is 5.35. The average Bonchev–Trinajstić information content (AvgIpc) is 2.90. The van der Waals surface area contributed by atoms with Crippen LogP contribution in [0.3, 0.4) is 0 Å². The lowest BCUT2D eigenvalue weighted by molar-refractivity contribution is 0.122. The number of ether oxygens (including phenoxy) is 2. The molecule has 2 aliphatic heterocycles. The molecule has 2 fully saturated rings. The second-order valence-corrected chi connectivity index (χ2v) is 8.77. The Balaban J connectivity index is 1.41. The van der Waals surface area contributed by atoms with E-state index in [0.29, 0.717) is 11.0 Å². The van der Waals surface area contributed by atoms with Gasteiger partial charge in [0.25, 0.3) is 0 Å². The lowest BCUT2D eigenvalue weighted by Gasteiger charge is -2.33. The SMILES string of the molecule is CN(c1ccc(Cl)cc1)c1ccnc(Nc2cc(N3CCOCC3)cc(N3CCOCC3)c2)n1. The zero-order valence-electron chi connectivity index (χ0n) is 19.3. The molecule has 0 unspecified atom stereocenters. The second kappa shape index (κ2) is 10.5. The smallest absolute Gasteiger partial charge is 0.229 e. The predicted octanol–water partition coefficient (Wildman–Crippen LogP) is 4.31. The van der Waals surface area contributed by atoms with Crippen molar-refractivity contribution in [3.8, 4) is 0 Å². The van der Waals surface area contributed by atoms with Gasteiger partial charge in [-0.25, -0.2) is 4.98 Å². The molecule has 0 amide bonds. The highest BCUT2D eigenvalue weighted by Gasteiger charge is 2.17. The number of aromatic nitrogens is 2. The lowest BCUT2D eigenvalue weighted by atomic mass is 10.2. The fourth-order valence-corrected chi connectivity index (χ4v) is 4.32. The van der Waals surface area contributed by atoms with Gasteiger partial charge in [0.05, 0.1) is 26.4 Å². The van der Waals surface area contributed by atoms with E-state index in [1.54, 1.807) is 6.20 Å². The Morgan fingerprint density at radius 3 is 2.03 bits per heavy atom. The van der Waals surface area contributed by atoms with Gasteiger partial charge in [-0.3, -0.25) is 0 Å². The van der Waals surface area contributed by atoms with E-state index >= 15 is 0 Å². The van der Waals surface area contributed by atoms with E-state index in [-0.39, 0.29) is 0 Å². The number of benzene rings is 2. The largest absolute Gasteiger partial charge is 0.378 e. The molecule has 3 aromatic rings. The second-order valence-electron chi connectivity index (χ2n) is 8.34. The zero-order chi connectivity index (χ0) is 23.3. The predicted molar refractivity (Wildman–Crippen MR) is 137 cm³/mol. The molecule has 1 aromatic heterocycles. The van der Waals surface area contributed by atoms with E-state index in [1.165, 1.54) is 11.4 Å². The number of nitrogens with one attached hydrogen (secondary N) is 1. The molecule has 0 atom stereocenters. The van der Waals surface area contributed by atoms with Crippen molar-refractivity contribution >= 4 is 46.1 Å². The highest BCUT2D eigenvalue weighted by Crippen LogP contribution is 2.31. The van der Waals surface area contributed by atoms with Crippen molar-refractivity contribution in [2.45, 2.75) is 0 Å². The van der Waals surface area contributed by atoms with E-state index in [4.69, 9.17) is 26.1 Å². The van der Waals surface area contributed by atoms with Gasteiger partial charge in [0.1, 0.15) is 5.82 Å². The van der Waals surface area contributed by atoms with Gasteiger partial charge in [0, 0.05) is 67.2 Å². The maximum Gasteiger partial charge on any atom is 0.229 e. The Bertz CT molecular complexity index is 1060. The van der Waals surface area contributed by atoms with Crippen LogP contribution in [0.2, 0.25) is 5.02 Å². The van der Waals surface area contributed by atoms with E-state index in [0.717, 1.165) is 69.8 Å². The van der Waals surface area contributed by atoms with Gasteiger partial charge >= 0.3 is 0 Å². The van der Waals surface area contributed by atoms with Gasteiger partial charge in [-0.05, 0) is 48.5 Å². The number of anilines is 6. The van der Waals surface area contributed by atoms with Crippen LogP contribution >= 0.6 is 11.6 Å². The summed E-state index contributed by atoms with van der Waals surface area (Å²) in [5.41, 5.74) is 4.29. The molecule has 8 nitrogen and oxygen atoms in total. The molecule has 1 N–H and O–H groups in total. The first-order valence-electron chi connectivity index (χ1n) is 11.6. The summed E-state index contributed by atoms with van der Waals surface area (Å²) in [6, 6.07) is 16.2. The summed E-state index contributed by atoms with van der Waals surface area (Å²) in [6.45, 7) is 6.49. The molecule has 9 heteroatoms. The number of nitrogens with zero attached hydrogens (tertiary/aromatic N) is 5. The van der Waals surface area contributed by atoms with E-state index in [2.05, 4.69) is 38.3 Å². The van der Waals surface area contributed by atoms with Crippen molar-refractivity contribution in [2.24, 2.45) is 0 Å². The molecular formula is C25H29ClN6O2. The summed E-state index contributed by atoms with van der Waals surface area (Å²) in [7, 11) is 1.98. The molecule has 2 saturated heterocycles. The highest BCUT2D eigenvalue weighted by atomic mass is 35.5. The van der Waals surface area contributed by atoms with E-state index < -0.39 is 0 Å². The van der Waals surface area contributed by atoms with Crippen molar-refractivity contribution in [3.63, 3.8) is 0 Å². The molecule has 0 aliphatic carbocycles. The van der Waals surface area contributed by atoms with Gasteiger partial charge in [-0.15, -0.1) is 0 Å². The number of rotatable bonds is 6. The highest BCUT2D eigenvalue weighted by molar-refractivity contribution is 6.30. The third-order valence-electron chi connectivity index (χ3n) is 6.11. The Hall–Kier alpha value is -3.07. The molecule has 2 aliphatic rings. The monoisotopic (exact) mass is 480 g/mol. The molecule has 0 spiro atoms. The first-order valence-corrected chi connectivity index (χ1v) is 11.9. The zero-order valence-corrected chi connectivity index (χ0v) is 20.0. The fraction of sp³-hybridized carbons (Fsp3) is 0.360. The summed E-state index contributed by atoms with van der Waals surface area (Å²) in [4.78, 5) is 16.0. The molecule has 5 rings (SSSR count). The van der Waals surface area contributed by atoms with Crippen molar-refractivity contribution in [2.75, 3.05) is 79.7 Å². The quantitative estimate of drug-likeness (QED) is 0.559. The minimum atomic E-state index is 0.547. The maximum absolute atomic E-state index is 6.04. The van der Waals surface area contributed by atoms with Gasteiger partial charge in [0.2, 0.25) is 5.95 Å². The normalized spacial score (nSPS) is 16.4. The average molecular weight is 481 g/mol. The first-order chi connectivity index (χ1) is 16.7. The van der Waals surface area contributed by atoms with Crippen LogP contribution in [0.25, 0.3) is 0 Å². The summed E-state index contributed by atoms with van der Waals surface area (Å²) in [6.07, 6.45) is 1.77. The molecule has 3 heterocycles. The topological polar surface area (TPSA) is 66.0 Å². The molecule has 34 heavy (non-hydrogen) atoms. The third-order valence-corrected chi connectivity index (χ3v) is 6.36. The van der Waals surface area contributed by atoms with Crippen LogP contribution in [-0.4, -0.2) is 69.6 Å². The Morgan fingerprint density at radius 1 is 0.853 bits per heavy atom. The summed E-state index contributed by atoms with van der Waals surface area (Å²) in [5.74, 6) is 1.34. The van der Waals surface area contributed by atoms with Crippen LogP contribution < -0.4 is 20.0 Å². The van der Waals surface area contributed by atoms with Crippen molar-refractivity contribution in [1.29, 1.82) is 0 Å². The molecule has 0 radical (unpaired) electrons. The Labute approximate surface area is 205 Å². The van der Waals surface area contributed by atoms with Crippen molar-refractivity contribution in [1.82, 2.24) is 9.97 Å². The van der Waals surface area contributed by atoms with Crippen LogP contribution in [0.5, 0.6) is 0 Å². The Morgan fingerprint density at radius 2 is 1.44 bits per heavy atom. The molecule has 0 bridgehead atoms. The summed E-state index contributed by atoms with van der Waals surface area (Å²) < 4.78 is 11.1. The fourth-order valence-electron chi connectivity index (χ4n) is 4.20. The van der Waals surface area contributed by atoms with Crippen LogP contribution in [-0.2, 0) is 9.47 Å². The van der Waals surface area contributed by atoms with Gasteiger partial charge in [0.15, 0.2) is 0 Å². The maximum atomic E-state index is 6.04. The van der Waals surface area contributed by atoms with Crippen molar-refractivity contribution in [3.05, 3.63) is 59.8 Å². The van der Waals surface area contributed by atoms with Crippen LogP contribution in [0.4, 0.5) is 34.5 Å². The summed E-state index contributed by atoms with van der Waals surface area (Å²) >= 11 is 6.04. The van der Waals surface area contributed by atoms with Crippen LogP contribution in [0.15, 0.2) is 54.7 Å². The van der Waals surface area contributed by atoms with Crippen LogP contribution in [0, 0.1) is 0 Å². The minimum absolute atomic E-state index is 0.547. The number of hydrogen-bond acceptors (Lipinski definition) is 8. The molecule has 0 saturated carbocycles. The lowest BCUT2D eigenvalue weighted by Crippen LogP contribution is -2.38. The van der Waals surface area contributed by atoms with E-state index in [9.17, 15) is 0 Å². The molecule has 178 valence electrons. The van der Waals surface area contributed by atoms with Gasteiger partial charge in [-0.2, -0.15) is 4.98 Å².